The van der Waals surface area contributed by atoms with Crippen molar-refractivity contribution in [3.05, 3.63) is 0 Å². The van der Waals surface area contributed by atoms with Gasteiger partial charge in [0.05, 0.1) is 6.10 Å². The molecule has 0 spiro atoms. The largest absolute Gasteiger partial charge is 0.378 e. The molecule has 1 fully saturated rings. The van der Waals surface area contributed by atoms with E-state index < -0.39 is 0 Å². The Morgan fingerprint density at radius 3 is 2.33 bits per heavy atom. The van der Waals surface area contributed by atoms with Gasteiger partial charge in [-0.2, -0.15) is 0 Å². The lowest BCUT2D eigenvalue weighted by Gasteiger charge is -2.31. The quantitative estimate of drug-likeness (QED) is 0.485. The van der Waals surface area contributed by atoms with E-state index in [2.05, 4.69) is 20.8 Å². The first-order valence-corrected chi connectivity index (χ1v) is 3.83. The van der Waals surface area contributed by atoms with Gasteiger partial charge in [0, 0.05) is 6.61 Å². The molecule has 1 rings (SSSR count). The van der Waals surface area contributed by atoms with Gasteiger partial charge in [0.15, 0.2) is 0 Å². The van der Waals surface area contributed by atoms with Crippen molar-refractivity contribution in [1.82, 2.24) is 0 Å². The summed E-state index contributed by atoms with van der Waals surface area (Å²) in [6.07, 6.45) is 1.72. The Labute approximate surface area is 57.4 Å². The first-order valence-electron chi connectivity index (χ1n) is 3.83. The van der Waals surface area contributed by atoms with Gasteiger partial charge in [0.25, 0.3) is 0 Å². The summed E-state index contributed by atoms with van der Waals surface area (Å²) in [7, 11) is 0. The Morgan fingerprint density at radius 1 is 1.22 bits per heavy atom. The smallest absolute Gasteiger partial charge is 0.0575 e. The van der Waals surface area contributed by atoms with Gasteiger partial charge < -0.3 is 4.74 Å². The molecule has 1 unspecified atom stereocenters. The maximum absolute atomic E-state index is 5.46. The van der Waals surface area contributed by atoms with Crippen LogP contribution in [0.25, 0.3) is 0 Å². The van der Waals surface area contributed by atoms with Gasteiger partial charge in [-0.15, -0.1) is 0 Å². The van der Waals surface area contributed by atoms with Crippen molar-refractivity contribution in [3.63, 3.8) is 0 Å². The molecule has 1 heteroatoms. The summed E-state index contributed by atoms with van der Waals surface area (Å²) in [4.78, 5) is 0. The SMILES string of the molecule is CC1CCO[C@H](C)[C@H]1C. The van der Waals surface area contributed by atoms with Crippen LogP contribution in [0.5, 0.6) is 0 Å². The van der Waals surface area contributed by atoms with Crippen molar-refractivity contribution >= 4 is 0 Å². The summed E-state index contributed by atoms with van der Waals surface area (Å²) in [5.41, 5.74) is 0. The van der Waals surface area contributed by atoms with Gasteiger partial charge in [-0.05, 0) is 25.2 Å². The summed E-state index contributed by atoms with van der Waals surface area (Å²) in [6.45, 7) is 7.71. The standard InChI is InChI=1S/C8H16O/c1-6-4-5-9-8(3)7(6)2/h6-8H,4-5H2,1-3H3/t6?,7-,8+/m0/s1. The van der Waals surface area contributed by atoms with Gasteiger partial charge >= 0.3 is 0 Å². The van der Waals surface area contributed by atoms with Crippen molar-refractivity contribution in [2.75, 3.05) is 6.61 Å². The Kier molecular flexibility index (Phi) is 2.12. The van der Waals surface area contributed by atoms with E-state index in [0.717, 1.165) is 18.4 Å². The van der Waals surface area contributed by atoms with Gasteiger partial charge in [-0.25, -0.2) is 0 Å². The van der Waals surface area contributed by atoms with Crippen molar-refractivity contribution in [3.8, 4) is 0 Å². The Bertz CT molecular complexity index is 80.6. The molecule has 0 aliphatic carbocycles. The summed E-state index contributed by atoms with van der Waals surface area (Å²) in [5.74, 6) is 1.60. The highest BCUT2D eigenvalue weighted by Crippen LogP contribution is 2.25. The predicted molar refractivity (Wildman–Crippen MR) is 38.4 cm³/mol. The van der Waals surface area contributed by atoms with E-state index in [0.29, 0.717) is 6.10 Å². The lowest BCUT2D eigenvalue weighted by molar-refractivity contribution is -0.0345. The van der Waals surface area contributed by atoms with Crippen LogP contribution in [0.1, 0.15) is 27.2 Å². The minimum Gasteiger partial charge on any atom is -0.378 e. The molecule has 0 amide bonds. The highest BCUT2D eigenvalue weighted by atomic mass is 16.5. The molecular weight excluding hydrogens is 112 g/mol. The first kappa shape index (κ1) is 7.07. The second-order valence-corrected chi connectivity index (χ2v) is 3.20. The average Bonchev–Trinajstić information content (AvgIpc) is 1.83. The van der Waals surface area contributed by atoms with Gasteiger partial charge in [-0.3, -0.25) is 0 Å². The molecule has 1 nitrogen and oxygen atoms in total. The zero-order valence-electron chi connectivity index (χ0n) is 6.55. The minimum atomic E-state index is 0.480. The second kappa shape index (κ2) is 2.70. The zero-order chi connectivity index (χ0) is 6.85. The third kappa shape index (κ3) is 1.45. The fourth-order valence-corrected chi connectivity index (χ4v) is 1.32. The second-order valence-electron chi connectivity index (χ2n) is 3.20. The molecule has 1 aliphatic heterocycles. The third-order valence-corrected chi connectivity index (χ3v) is 2.59. The molecule has 0 aromatic carbocycles. The lowest BCUT2D eigenvalue weighted by Crippen LogP contribution is -2.30. The van der Waals surface area contributed by atoms with Crippen molar-refractivity contribution < 1.29 is 4.74 Å². The number of rotatable bonds is 0. The highest BCUT2D eigenvalue weighted by Gasteiger charge is 2.23. The molecule has 54 valence electrons. The summed E-state index contributed by atoms with van der Waals surface area (Å²) < 4.78 is 5.46. The Hall–Kier alpha value is -0.0400. The molecule has 1 heterocycles. The van der Waals surface area contributed by atoms with Crippen molar-refractivity contribution in [2.45, 2.75) is 33.3 Å². The molecule has 9 heavy (non-hydrogen) atoms. The Balaban J connectivity index is 2.41. The molecular formula is C8H16O. The first-order chi connectivity index (χ1) is 4.22. The maximum Gasteiger partial charge on any atom is 0.0575 e. The lowest BCUT2D eigenvalue weighted by atomic mass is 9.87. The number of ether oxygens (including phenoxy) is 1. The van der Waals surface area contributed by atoms with Crippen LogP contribution in [0, 0.1) is 11.8 Å². The van der Waals surface area contributed by atoms with E-state index in [4.69, 9.17) is 4.74 Å². The fraction of sp³-hybridized carbons (Fsp3) is 1.00. The average molecular weight is 128 g/mol. The normalized spacial score (nSPS) is 45.0. The van der Waals surface area contributed by atoms with Crippen LogP contribution >= 0.6 is 0 Å². The summed E-state index contributed by atoms with van der Waals surface area (Å²) in [5, 5.41) is 0. The van der Waals surface area contributed by atoms with Crippen LogP contribution in [0.2, 0.25) is 0 Å². The Morgan fingerprint density at radius 2 is 1.89 bits per heavy atom. The van der Waals surface area contributed by atoms with E-state index in [1.54, 1.807) is 0 Å². The molecule has 0 saturated carbocycles. The summed E-state index contributed by atoms with van der Waals surface area (Å²) in [6, 6.07) is 0. The van der Waals surface area contributed by atoms with Crippen LogP contribution in [-0.2, 0) is 4.74 Å². The van der Waals surface area contributed by atoms with Gasteiger partial charge in [-0.1, -0.05) is 13.8 Å². The van der Waals surface area contributed by atoms with Crippen molar-refractivity contribution in [2.24, 2.45) is 11.8 Å². The van der Waals surface area contributed by atoms with E-state index in [9.17, 15) is 0 Å². The molecule has 3 atom stereocenters. The topological polar surface area (TPSA) is 9.23 Å². The molecule has 0 radical (unpaired) electrons. The van der Waals surface area contributed by atoms with E-state index in [1.165, 1.54) is 6.42 Å². The van der Waals surface area contributed by atoms with Crippen LogP contribution in [0.3, 0.4) is 0 Å². The van der Waals surface area contributed by atoms with Crippen LogP contribution in [0.15, 0.2) is 0 Å². The van der Waals surface area contributed by atoms with Gasteiger partial charge in [0.1, 0.15) is 0 Å². The highest BCUT2D eigenvalue weighted by molar-refractivity contribution is 4.72. The minimum absolute atomic E-state index is 0.480. The van der Waals surface area contributed by atoms with E-state index in [1.807, 2.05) is 0 Å². The van der Waals surface area contributed by atoms with Crippen molar-refractivity contribution in [1.29, 1.82) is 0 Å². The van der Waals surface area contributed by atoms with Crippen LogP contribution in [0.4, 0.5) is 0 Å². The fourth-order valence-electron chi connectivity index (χ4n) is 1.32. The molecule has 1 saturated heterocycles. The molecule has 0 N–H and O–H groups in total. The van der Waals surface area contributed by atoms with Crippen LogP contribution in [-0.4, -0.2) is 12.7 Å². The predicted octanol–water partition coefficient (Wildman–Crippen LogP) is 2.07. The molecule has 0 bridgehead atoms. The molecule has 0 aromatic rings. The van der Waals surface area contributed by atoms with Gasteiger partial charge in [0.2, 0.25) is 0 Å². The zero-order valence-corrected chi connectivity index (χ0v) is 6.55. The van der Waals surface area contributed by atoms with E-state index >= 15 is 0 Å². The molecule has 1 aliphatic rings. The monoisotopic (exact) mass is 128 g/mol. The third-order valence-electron chi connectivity index (χ3n) is 2.59. The van der Waals surface area contributed by atoms with Crippen LogP contribution < -0.4 is 0 Å². The summed E-state index contributed by atoms with van der Waals surface area (Å²) >= 11 is 0. The molecule has 0 aromatic heterocycles. The number of hydrogen-bond acceptors (Lipinski definition) is 1. The number of hydrogen-bond donors (Lipinski definition) is 0. The maximum atomic E-state index is 5.46. The van der Waals surface area contributed by atoms with E-state index in [-0.39, 0.29) is 0 Å².